The molecule has 0 aliphatic heterocycles. The number of unbranched alkanes of at least 4 members (excludes halogenated alkanes) is 2. The van der Waals surface area contributed by atoms with Crippen LogP contribution in [0.3, 0.4) is 0 Å². The predicted octanol–water partition coefficient (Wildman–Crippen LogP) is 4.92. The van der Waals surface area contributed by atoms with Crippen LogP contribution in [0.15, 0.2) is 73.3 Å². The Balaban J connectivity index is 1.71. The molecule has 0 bridgehead atoms. The van der Waals surface area contributed by atoms with Crippen LogP contribution >= 0.6 is 0 Å². The second kappa shape index (κ2) is 13.5. The van der Waals surface area contributed by atoms with Gasteiger partial charge in [0.25, 0.3) is 0 Å². The first-order valence-electron chi connectivity index (χ1n) is 10.6. The topological polar surface area (TPSA) is 88.1 Å². The van der Waals surface area contributed by atoms with Gasteiger partial charge in [-0.05, 0) is 74.7 Å². The van der Waals surface area contributed by atoms with Gasteiger partial charge in [-0.15, -0.1) is 0 Å². The third-order valence-electron chi connectivity index (χ3n) is 4.36. The molecule has 0 heterocycles. The molecule has 0 atom stereocenters. The van der Waals surface area contributed by atoms with Crippen LogP contribution in [0.4, 0.5) is 0 Å². The summed E-state index contributed by atoms with van der Waals surface area (Å²) in [4.78, 5) is 35.7. The van der Waals surface area contributed by atoms with Crippen molar-refractivity contribution < 1.29 is 33.3 Å². The lowest BCUT2D eigenvalue weighted by molar-refractivity contribution is -0.139. The molecule has 0 saturated heterocycles. The minimum Gasteiger partial charge on any atom is -0.490 e. The Morgan fingerprint density at radius 1 is 0.788 bits per heavy atom. The monoisotopic (exact) mass is 452 g/mol. The Morgan fingerprint density at radius 2 is 1.33 bits per heavy atom. The largest absolute Gasteiger partial charge is 0.490 e. The Hall–Kier alpha value is -3.87. The number of carbonyl (C=O) groups excluding carboxylic acids is 3. The average molecular weight is 453 g/mol. The van der Waals surface area contributed by atoms with Crippen molar-refractivity contribution in [2.45, 2.75) is 26.2 Å². The molecule has 0 spiro atoms. The highest BCUT2D eigenvalue weighted by molar-refractivity contribution is 5.92. The van der Waals surface area contributed by atoms with Gasteiger partial charge in [-0.1, -0.05) is 19.2 Å². The summed E-state index contributed by atoms with van der Waals surface area (Å²) in [6.07, 6.45) is 3.73. The zero-order valence-corrected chi connectivity index (χ0v) is 18.7. The van der Waals surface area contributed by atoms with E-state index in [-0.39, 0.29) is 6.61 Å². The molecule has 0 fully saturated rings. The maximum absolute atomic E-state index is 12.3. The molecule has 0 aliphatic rings. The summed E-state index contributed by atoms with van der Waals surface area (Å²) in [5, 5.41) is 0. The summed E-state index contributed by atoms with van der Waals surface area (Å²) in [5.41, 5.74) is 1.10. The zero-order chi connectivity index (χ0) is 24.1. The molecule has 2 rings (SSSR count). The van der Waals surface area contributed by atoms with Crippen molar-refractivity contribution in [3.63, 3.8) is 0 Å². The zero-order valence-electron chi connectivity index (χ0n) is 18.7. The molecule has 7 nitrogen and oxygen atoms in total. The van der Waals surface area contributed by atoms with Crippen molar-refractivity contribution in [1.29, 1.82) is 0 Å². The van der Waals surface area contributed by atoms with Crippen LogP contribution in [0.2, 0.25) is 0 Å². The number of rotatable bonds is 13. The van der Waals surface area contributed by atoms with Gasteiger partial charge in [0.05, 0.1) is 24.3 Å². The van der Waals surface area contributed by atoms with E-state index in [0.717, 1.165) is 6.42 Å². The Bertz CT molecular complexity index is 959. The SMILES string of the molecule is C=CCOc1ccc(C(=O)Oc2ccc(C(=O)OCCCCCOC(=O)C(=C)C)cc2)cc1. The minimum atomic E-state index is -0.519. The molecule has 0 amide bonds. The van der Waals surface area contributed by atoms with Crippen LogP contribution in [0, 0.1) is 0 Å². The third-order valence-corrected chi connectivity index (χ3v) is 4.36. The van der Waals surface area contributed by atoms with E-state index in [2.05, 4.69) is 13.2 Å². The third kappa shape index (κ3) is 9.03. The highest BCUT2D eigenvalue weighted by Crippen LogP contribution is 2.17. The van der Waals surface area contributed by atoms with Gasteiger partial charge in [0.15, 0.2) is 0 Å². The number of benzene rings is 2. The summed E-state index contributed by atoms with van der Waals surface area (Å²) in [6.45, 7) is 9.64. The summed E-state index contributed by atoms with van der Waals surface area (Å²) < 4.78 is 20.9. The number of hydrogen-bond acceptors (Lipinski definition) is 7. The van der Waals surface area contributed by atoms with Crippen LogP contribution in [0.5, 0.6) is 11.5 Å². The van der Waals surface area contributed by atoms with Gasteiger partial charge in [0.1, 0.15) is 18.1 Å². The molecular formula is C26H28O7. The van der Waals surface area contributed by atoms with Crippen molar-refractivity contribution in [1.82, 2.24) is 0 Å². The second-order valence-corrected chi connectivity index (χ2v) is 7.15. The maximum Gasteiger partial charge on any atom is 0.343 e. The highest BCUT2D eigenvalue weighted by atomic mass is 16.5. The molecule has 0 aromatic heterocycles. The smallest absolute Gasteiger partial charge is 0.343 e. The summed E-state index contributed by atoms with van der Waals surface area (Å²) >= 11 is 0. The number of esters is 3. The van der Waals surface area contributed by atoms with E-state index in [0.29, 0.717) is 54.3 Å². The molecule has 33 heavy (non-hydrogen) atoms. The number of carbonyl (C=O) groups is 3. The molecule has 0 N–H and O–H groups in total. The van der Waals surface area contributed by atoms with Crippen molar-refractivity contribution in [2.75, 3.05) is 19.8 Å². The molecular weight excluding hydrogens is 424 g/mol. The van der Waals surface area contributed by atoms with Crippen LogP contribution in [-0.2, 0) is 14.3 Å². The van der Waals surface area contributed by atoms with E-state index >= 15 is 0 Å². The van der Waals surface area contributed by atoms with Gasteiger partial charge in [-0.3, -0.25) is 0 Å². The Kier molecular flexibility index (Phi) is 10.4. The fourth-order valence-electron chi connectivity index (χ4n) is 2.58. The van der Waals surface area contributed by atoms with E-state index < -0.39 is 17.9 Å². The Labute approximate surface area is 193 Å². The summed E-state index contributed by atoms with van der Waals surface area (Å²) in [7, 11) is 0. The normalized spacial score (nSPS) is 10.1. The first-order chi connectivity index (χ1) is 15.9. The van der Waals surface area contributed by atoms with Crippen LogP contribution in [0.1, 0.15) is 46.9 Å². The lowest BCUT2D eigenvalue weighted by Gasteiger charge is -2.08. The van der Waals surface area contributed by atoms with Gasteiger partial charge in [-0.25, -0.2) is 14.4 Å². The van der Waals surface area contributed by atoms with Crippen LogP contribution in [0.25, 0.3) is 0 Å². The van der Waals surface area contributed by atoms with Crippen molar-refractivity contribution >= 4 is 17.9 Å². The van der Waals surface area contributed by atoms with Crippen LogP contribution < -0.4 is 9.47 Å². The predicted molar refractivity (Wildman–Crippen MR) is 123 cm³/mol. The molecule has 2 aromatic carbocycles. The fraction of sp³-hybridized carbons (Fsp3) is 0.269. The summed E-state index contributed by atoms with van der Waals surface area (Å²) in [6, 6.07) is 12.7. The van der Waals surface area contributed by atoms with Crippen molar-refractivity contribution in [3.05, 3.63) is 84.5 Å². The van der Waals surface area contributed by atoms with E-state index in [1.165, 1.54) is 24.3 Å². The standard InChI is InChI=1S/C26H28O7/c1-4-16-30-22-12-8-21(9-13-22)26(29)33-23-14-10-20(11-15-23)25(28)32-18-7-5-6-17-31-24(27)19(2)3/h4,8-15H,1-2,5-7,16-18H2,3H3. The molecule has 0 radical (unpaired) electrons. The average Bonchev–Trinajstić information content (AvgIpc) is 2.82. The fourth-order valence-corrected chi connectivity index (χ4v) is 2.58. The van der Waals surface area contributed by atoms with Gasteiger partial charge in [-0.2, -0.15) is 0 Å². The minimum absolute atomic E-state index is 0.260. The first-order valence-corrected chi connectivity index (χ1v) is 10.6. The van der Waals surface area contributed by atoms with Gasteiger partial charge in [0.2, 0.25) is 0 Å². The molecule has 0 unspecified atom stereocenters. The maximum atomic E-state index is 12.3. The highest BCUT2D eigenvalue weighted by Gasteiger charge is 2.11. The molecule has 174 valence electrons. The van der Waals surface area contributed by atoms with Gasteiger partial charge in [0, 0.05) is 5.57 Å². The lowest BCUT2D eigenvalue weighted by Crippen LogP contribution is -2.10. The number of hydrogen-bond donors (Lipinski definition) is 0. The quantitative estimate of drug-likeness (QED) is 0.140. The summed E-state index contributed by atoms with van der Waals surface area (Å²) in [5.74, 6) is -0.443. The molecule has 7 heteroatoms. The molecule has 2 aromatic rings. The Morgan fingerprint density at radius 3 is 1.91 bits per heavy atom. The van der Waals surface area contributed by atoms with Crippen molar-refractivity contribution in [2.24, 2.45) is 0 Å². The lowest BCUT2D eigenvalue weighted by atomic mass is 10.2. The van der Waals surface area contributed by atoms with E-state index in [1.807, 2.05) is 0 Å². The molecule has 0 saturated carbocycles. The van der Waals surface area contributed by atoms with Gasteiger partial charge >= 0.3 is 17.9 Å². The van der Waals surface area contributed by atoms with Crippen molar-refractivity contribution in [3.8, 4) is 11.5 Å². The van der Waals surface area contributed by atoms with E-state index in [4.69, 9.17) is 18.9 Å². The van der Waals surface area contributed by atoms with E-state index in [9.17, 15) is 14.4 Å². The number of ether oxygens (including phenoxy) is 4. The second-order valence-electron chi connectivity index (χ2n) is 7.15. The molecule has 0 aliphatic carbocycles. The van der Waals surface area contributed by atoms with E-state index in [1.54, 1.807) is 37.3 Å². The van der Waals surface area contributed by atoms with Gasteiger partial charge < -0.3 is 18.9 Å². The van der Waals surface area contributed by atoms with Crippen LogP contribution in [-0.4, -0.2) is 37.7 Å². The first kappa shape index (κ1) is 25.4.